The Labute approximate surface area is 195 Å². The molecular weight excluding hydrogens is 458 g/mol. The van der Waals surface area contributed by atoms with Gasteiger partial charge < -0.3 is 10.2 Å². The topological polar surface area (TPSA) is 32.3 Å². The molecular formula is C25H30F6N2O. The summed E-state index contributed by atoms with van der Waals surface area (Å²) < 4.78 is 81.8. The van der Waals surface area contributed by atoms with E-state index in [1.807, 2.05) is 0 Å². The molecule has 0 bridgehead atoms. The van der Waals surface area contributed by atoms with E-state index in [-0.39, 0.29) is 18.4 Å². The van der Waals surface area contributed by atoms with Crippen LogP contribution >= 0.6 is 0 Å². The van der Waals surface area contributed by atoms with Crippen LogP contribution in [0.4, 0.5) is 26.3 Å². The van der Waals surface area contributed by atoms with E-state index in [4.69, 9.17) is 0 Å². The number of hydrogen-bond acceptors (Lipinski definition) is 2. The molecule has 1 amide bonds. The number of hydrogen-bond donors (Lipinski definition) is 1. The molecule has 3 nitrogen and oxygen atoms in total. The second-order valence-corrected chi connectivity index (χ2v) is 9.82. The standard InChI is InChI=1S/C25H30F6N2O/c1-15-19(23(34)32-18-5-3-2-4-6-18)14-22(33(15)12-11-16-7-8-16)20-13-17(24(26,27)28)9-10-21(20)25(29,30)31/h9-10,13,16,18,22H,2-8,11-12,14H2,1H3,(H,32,34). The number of nitrogens with one attached hydrogen (secondary N) is 1. The minimum absolute atomic E-state index is 0.0276. The van der Waals surface area contributed by atoms with Crippen LogP contribution in [0, 0.1) is 5.92 Å². The molecule has 3 aliphatic rings. The minimum Gasteiger partial charge on any atom is -0.367 e. The molecule has 1 N–H and O–H groups in total. The Hall–Kier alpha value is -2.19. The molecule has 1 atom stereocenters. The average molecular weight is 489 g/mol. The third-order valence-corrected chi connectivity index (χ3v) is 7.37. The summed E-state index contributed by atoms with van der Waals surface area (Å²) in [6, 6.07) is 0.677. The summed E-state index contributed by atoms with van der Waals surface area (Å²) in [6.07, 6.45) is -1.91. The van der Waals surface area contributed by atoms with Crippen LogP contribution in [0.2, 0.25) is 0 Å². The van der Waals surface area contributed by atoms with Crippen molar-refractivity contribution in [3.05, 3.63) is 46.2 Å². The van der Waals surface area contributed by atoms with Crippen LogP contribution in [-0.4, -0.2) is 23.4 Å². The van der Waals surface area contributed by atoms with Gasteiger partial charge in [-0.3, -0.25) is 4.79 Å². The molecule has 0 aromatic heterocycles. The normalized spacial score (nSPS) is 22.4. The van der Waals surface area contributed by atoms with Gasteiger partial charge in [-0.15, -0.1) is 0 Å². The molecule has 9 heteroatoms. The van der Waals surface area contributed by atoms with Gasteiger partial charge in [0.05, 0.1) is 17.2 Å². The number of nitrogens with zero attached hydrogens (tertiary/aromatic N) is 1. The van der Waals surface area contributed by atoms with Crippen LogP contribution in [0.15, 0.2) is 29.5 Å². The van der Waals surface area contributed by atoms with E-state index in [9.17, 15) is 31.1 Å². The third-order valence-electron chi connectivity index (χ3n) is 7.37. The van der Waals surface area contributed by atoms with Crippen LogP contribution in [0.3, 0.4) is 0 Å². The summed E-state index contributed by atoms with van der Waals surface area (Å²) in [5.74, 6) is 0.168. The molecule has 34 heavy (non-hydrogen) atoms. The number of carbonyl (C=O) groups excluding carboxylic acids is 1. The molecule has 1 heterocycles. The first-order valence-corrected chi connectivity index (χ1v) is 12.0. The van der Waals surface area contributed by atoms with Crippen molar-refractivity contribution in [2.75, 3.05) is 6.54 Å². The van der Waals surface area contributed by atoms with Gasteiger partial charge in [-0.25, -0.2) is 0 Å². The average Bonchev–Trinajstić information content (AvgIpc) is 3.53. The molecule has 0 spiro atoms. The van der Waals surface area contributed by atoms with Crippen molar-refractivity contribution in [1.82, 2.24) is 10.2 Å². The quantitative estimate of drug-likeness (QED) is 0.438. The van der Waals surface area contributed by atoms with Gasteiger partial charge in [-0.2, -0.15) is 26.3 Å². The number of alkyl halides is 6. The predicted octanol–water partition coefficient (Wildman–Crippen LogP) is 6.99. The zero-order valence-corrected chi connectivity index (χ0v) is 19.2. The Balaban J connectivity index is 1.67. The summed E-state index contributed by atoms with van der Waals surface area (Å²) in [4.78, 5) is 14.8. The van der Waals surface area contributed by atoms with E-state index in [1.54, 1.807) is 11.8 Å². The minimum atomic E-state index is -4.80. The summed E-state index contributed by atoms with van der Waals surface area (Å²) in [5, 5.41) is 3.02. The lowest BCUT2D eigenvalue weighted by molar-refractivity contribution is -0.142. The molecule has 1 aromatic rings. The van der Waals surface area contributed by atoms with Gasteiger partial charge >= 0.3 is 12.4 Å². The molecule has 1 aliphatic heterocycles. The molecule has 1 aromatic carbocycles. The third kappa shape index (κ3) is 5.54. The monoisotopic (exact) mass is 488 g/mol. The highest BCUT2D eigenvalue weighted by Crippen LogP contribution is 2.46. The van der Waals surface area contributed by atoms with Crippen molar-refractivity contribution in [1.29, 1.82) is 0 Å². The van der Waals surface area contributed by atoms with Crippen molar-refractivity contribution in [2.45, 2.75) is 89.1 Å². The summed E-state index contributed by atoms with van der Waals surface area (Å²) in [5.41, 5.74) is -1.68. The van der Waals surface area contributed by atoms with E-state index in [0.29, 0.717) is 41.9 Å². The smallest absolute Gasteiger partial charge is 0.367 e. The van der Waals surface area contributed by atoms with Crippen molar-refractivity contribution < 1.29 is 31.1 Å². The molecule has 2 saturated carbocycles. The van der Waals surface area contributed by atoms with Gasteiger partial charge in [0.25, 0.3) is 0 Å². The fraction of sp³-hybridized carbons (Fsp3) is 0.640. The molecule has 2 fully saturated rings. The number of halogens is 6. The zero-order chi connectivity index (χ0) is 24.7. The van der Waals surface area contributed by atoms with E-state index >= 15 is 0 Å². The van der Waals surface area contributed by atoms with Crippen molar-refractivity contribution in [3.8, 4) is 0 Å². The maximum atomic E-state index is 13.9. The van der Waals surface area contributed by atoms with Gasteiger partial charge in [0.2, 0.25) is 5.91 Å². The van der Waals surface area contributed by atoms with Crippen molar-refractivity contribution in [3.63, 3.8) is 0 Å². The van der Waals surface area contributed by atoms with Crippen molar-refractivity contribution in [2.24, 2.45) is 5.92 Å². The Bertz CT molecular complexity index is 942. The number of benzene rings is 1. The molecule has 0 radical (unpaired) electrons. The first-order chi connectivity index (χ1) is 15.9. The SMILES string of the molecule is CC1=C(C(=O)NC2CCCCC2)CC(c2cc(C(F)(F)F)ccc2C(F)(F)F)N1CCC1CC1. The fourth-order valence-corrected chi connectivity index (χ4v) is 5.24. The first-order valence-electron chi connectivity index (χ1n) is 12.0. The van der Waals surface area contributed by atoms with E-state index in [1.165, 1.54) is 0 Å². The molecule has 2 aliphatic carbocycles. The van der Waals surface area contributed by atoms with Crippen LogP contribution < -0.4 is 5.32 Å². The largest absolute Gasteiger partial charge is 0.416 e. The molecule has 0 saturated heterocycles. The zero-order valence-electron chi connectivity index (χ0n) is 19.2. The fourth-order valence-electron chi connectivity index (χ4n) is 5.24. The second-order valence-electron chi connectivity index (χ2n) is 9.82. The highest BCUT2D eigenvalue weighted by Gasteiger charge is 2.43. The summed E-state index contributed by atoms with van der Waals surface area (Å²) >= 11 is 0. The Morgan fingerprint density at radius 2 is 1.68 bits per heavy atom. The molecule has 4 rings (SSSR count). The maximum absolute atomic E-state index is 13.9. The first kappa shape index (κ1) is 24.9. The number of rotatable bonds is 6. The van der Waals surface area contributed by atoms with Gasteiger partial charge in [0.15, 0.2) is 0 Å². The summed E-state index contributed by atoms with van der Waals surface area (Å²) in [7, 11) is 0. The van der Waals surface area contributed by atoms with Crippen LogP contribution in [0.1, 0.15) is 87.4 Å². The van der Waals surface area contributed by atoms with Crippen LogP contribution in [-0.2, 0) is 17.1 Å². The number of carbonyl (C=O) groups is 1. The Kier molecular flexibility index (Phi) is 6.93. The second kappa shape index (κ2) is 9.46. The van der Waals surface area contributed by atoms with E-state index in [0.717, 1.165) is 51.4 Å². The molecule has 1 unspecified atom stereocenters. The number of amides is 1. The lowest BCUT2D eigenvalue weighted by atomic mass is 9.93. The van der Waals surface area contributed by atoms with Gasteiger partial charge in [0.1, 0.15) is 0 Å². The maximum Gasteiger partial charge on any atom is 0.416 e. The Morgan fingerprint density at radius 3 is 2.26 bits per heavy atom. The van der Waals surface area contributed by atoms with E-state index < -0.39 is 35.1 Å². The Morgan fingerprint density at radius 1 is 1.00 bits per heavy atom. The van der Waals surface area contributed by atoms with Gasteiger partial charge in [0, 0.05) is 30.3 Å². The van der Waals surface area contributed by atoms with Crippen LogP contribution in [0.25, 0.3) is 0 Å². The predicted molar refractivity (Wildman–Crippen MR) is 116 cm³/mol. The lowest BCUT2D eigenvalue weighted by Crippen LogP contribution is -2.37. The highest BCUT2D eigenvalue weighted by molar-refractivity contribution is 5.95. The van der Waals surface area contributed by atoms with Gasteiger partial charge in [-0.05, 0) is 55.9 Å². The molecule has 188 valence electrons. The highest BCUT2D eigenvalue weighted by atomic mass is 19.4. The van der Waals surface area contributed by atoms with Gasteiger partial charge in [-0.1, -0.05) is 32.1 Å². The summed E-state index contributed by atoms with van der Waals surface area (Å²) in [6.45, 7) is 2.11. The number of allylic oxidation sites excluding steroid dienone is 1. The van der Waals surface area contributed by atoms with Crippen molar-refractivity contribution >= 4 is 5.91 Å². The lowest BCUT2D eigenvalue weighted by Gasteiger charge is -2.31. The van der Waals surface area contributed by atoms with Crippen LogP contribution in [0.5, 0.6) is 0 Å². The van der Waals surface area contributed by atoms with E-state index in [2.05, 4.69) is 5.32 Å².